The van der Waals surface area contributed by atoms with Gasteiger partial charge in [-0.3, -0.25) is 0 Å². The molecule has 1 saturated carbocycles. The van der Waals surface area contributed by atoms with Crippen LogP contribution in [-0.4, -0.2) is 40.5 Å². The molecule has 0 radical (unpaired) electrons. The van der Waals surface area contributed by atoms with Crippen molar-refractivity contribution in [2.24, 2.45) is 0 Å². The van der Waals surface area contributed by atoms with Gasteiger partial charge in [-0.1, -0.05) is 32.9 Å². The molecule has 0 atom stereocenters. The van der Waals surface area contributed by atoms with Gasteiger partial charge in [0.1, 0.15) is 11.3 Å². The van der Waals surface area contributed by atoms with E-state index in [-0.39, 0.29) is 11.1 Å². The zero-order chi connectivity index (χ0) is 24.6. The Kier molecular flexibility index (Phi) is 6.27. The topological polar surface area (TPSA) is 85.0 Å². The van der Waals surface area contributed by atoms with Crippen molar-refractivity contribution < 1.29 is 9.16 Å². The van der Waals surface area contributed by atoms with Gasteiger partial charge < -0.3 is 19.5 Å². The number of aromatic nitrogens is 4. The Bertz CT molecular complexity index is 1320. The van der Waals surface area contributed by atoms with Crippen molar-refractivity contribution in [3.8, 4) is 5.75 Å². The zero-order valence-electron chi connectivity index (χ0n) is 21.3. The standard InChI is InChI=1S/C27H35N5O2Si/c1-27(2,3)35(4,5)34-21-12-10-20(11-13-21)33-24-8-6-7-18-16-28-26(32-25(18)24)31-19-9-14-22-23(15-19)30-17-29-22/h6-9,14-17,20-21H,10-13H2,1-5H3,(H,29,30)(H,28,31,32). The van der Waals surface area contributed by atoms with Crippen LogP contribution in [-0.2, 0) is 4.43 Å². The summed E-state index contributed by atoms with van der Waals surface area (Å²) < 4.78 is 13.1. The highest BCUT2D eigenvalue weighted by Gasteiger charge is 2.40. The Hall–Kier alpha value is -2.97. The molecule has 2 aromatic heterocycles. The van der Waals surface area contributed by atoms with Crippen LogP contribution in [0.15, 0.2) is 48.9 Å². The maximum absolute atomic E-state index is 6.65. The van der Waals surface area contributed by atoms with Gasteiger partial charge in [0.25, 0.3) is 0 Å². The number of hydrogen-bond acceptors (Lipinski definition) is 6. The summed E-state index contributed by atoms with van der Waals surface area (Å²) in [5, 5.41) is 4.51. The molecular weight excluding hydrogens is 454 g/mol. The lowest BCUT2D eigenvalue weighted by Crippen LogP contribution is -2.45. The van der Waals surface area contributed by atoms with Crippen molar-refractivity contribution in [3.05, 3.63) is 48.9 Å². The highest BCUT2D eigenvalue weighted by atomic mass is 28.4. The molecule has 35 heavy (non-hydrogen) atoms. The number of anilines is 2. The van der Waals surface area contributed by atoms with Crippen molar-refractivity contribution in [2.75, 3.05) is 5.32 Å². The number of ether oxygens (including phenoxy) is 1. The normalized spacial score (nSPS) is 19.2. The Labute approximate surface area is 207 Å². The van der Waals surface area contributed by atoms with Crippen LogP contribution in [0.3, 0.4) is 0 Å². The predicted octanol–water partition coefficient (Wildman–Crippen LogP) is 6.96. The van der Waals surface area contributed by atoms with Crippen molar-refractivity contribution in [3.63, 3.8) is 0 Å². The molecule has 0 saturated heterocycles. The minimum atomic E-state index is -1.74. The number of imidazole rings is 1. The second-order valence-electron chi connectivity index (χ2n) is 11.0. The van der Waals surface area contributed by atoms with Crippen LogP contribution >= 0.6 is 0 Å². The maximum atomic E-state index is 6.65. The molecule has 2 heterocycles. The van der Waals surface area contributed by atoms with Gasteiger partial charge in [0.2, 0.25) is 5.95 Å². The molecule has 2 N–H and O–H groups in total. The van der Waals surface area contributed by atoms with E-state index in [0.29, 0.717) is 12.1 Å². The van der Waals surface area contributed by atoms with E-state index in [9.17, 15) is 0 Å². The SMILES string of the molecule is CC(C)(C)[Si](C)(C)OC1CCC(Oc2cccc3cnc(Nc4ccc5nc[nH]c5c4)nc23)CC1. The maximum Gasteiger partial charge on any atom is 0.227 e. The lowest BCUT2D eigenvalue weighted by atomic mass is 9.95. The van der Waals surface area contributed by atoms with E-state index in [1.54, 1.807) is 6.33 Å². The van der Waals surface area contributed by atoms with E-state index in [4.69, 9.17) is 14.1 Å². The second-order valence-corrected chi connectivity index (χ2v) is 15.8. The molecule has 1 fully saturated rings. The monoisotopic (exact) mass is 489 g/mol. The van der Waals surface area contributed by atoms with Crippen molar-refractivity contribution >= 4 is 41.9 Å². The lowest BCUT2D eigenvalue weighted by molar-refractivity contribution is 0.0732. The van der Waals surface area contributed by atoms with E-state index in [2.05, 4.69) is 54.1 Å². The smallest absolute Gasteiger partial charge is 0.227 e. The molecule has 2 aromatic carbocycles. The molecule has 8 heteroatoms. The van der Waals surface area contributed by atoms with Gasteiger partial charge in [0.05, 0.1) is 23.5 Å². The van der Waals surface area contributed by atoms with E-state index in [0.717, 1.165) is 59.1 Å². The number of aromatic amines is 1. The molecule has 1 aliphatic rings. The summed E-state index contributed by atoms with van der Waals surface area (Å²) in [6.07, 6.45) is 8.13. The minimum absolute atomic E-state index is 0.175. The fourth-order valence-corrected chi connectivity index (χ4v) is 5.79. The first-order chi connectivity index (χ1) is 16.7. The fraction of sp³-hybridized carbons (Fsp3) is 0.444. The Balaban J connectivity index is 1.27. The van der Waals surface area contributed by atoms with Crippen LogP contribution < -0.4 is 10.1 Å². The lowest BCUT2D eigenvalue weighted by Gasteiger charge is -2.41. The van der Waals surface area contributed by atoms with Crippen LogP contribution in [0.2, 0.25) is 18.1 Å². The zero-order valence-corrected chi connectivity index (χ0v) is 22.3. The summed E-state index contributed by atoms with van der Waals surface area (Å²) in [7, 11) is -1.74. The highest BCUT2D eigenvalue weighted by molar-refractivity contribution is 6.74. The number of H-pyrrole nitrogens is 1. The Morgan fingerprint density at radius 3 is 2.54 bits per heavy atom. The summed E-state index contributed by atoms with van der Waals surface area (Å²) in [4.78, 5) is 16.7. The van der Waals surface area contributed by atoms with Crippen molar-refractivity contribution in [1.82, 2.24) is 19.9 Å². The molecule has 7 nitrogen and oxygen atoms in total. The van der Waals surface area contributed by atoms with Crippen molar-refractivity contribution in [2.45, 2.75) is 76.8 Å². The summed E-state index contributed by atoms with van der Waals surface area (Å²) in [6, 6.07) is 12.0. The number of para-hydroxylation sites is 1. The van der Waals surface area contributed by atoms with Crippen molar-refractivity contribution in [1.29, 1.82) is 0 Å². The molecule has 0 unspecified atom stereocenters. The Morgan fingerprint density at radius 2 is 1.77 bits per heavy atom. The second kappa shape index (κ2) is 9.24. The third-order valence-corrected chi connectivity index (χ3v) is 12.0. The number of benzene rings is 2. The summed E-state index contributed by atoms with van der Waals surface area (Å²) >= 11 is 0. The molecule has 0 amide bonds. The summed E-state index contributed by atoms with van der Waals surface area (Å²) in [6.45, 7) is 11.6. The number of hydrogen-bond donors (Lipinski definition) is 2. The molecule has 4 aromatic rings. The molecule has 0 aliphatic heterocycles. The van der Waals surface area contributed by atoms with Crippen LogP contribution in [0.4, 0.5) is 11.6 Å². The first-order valence-electron chi connectivity index (χ1n) is 12.5. The third-order valence-electron chi connectivity index (χ3n) is 7.43. The molecule has 5 rings (SSSR count). The third kappa shape index (κ3) is 5.18. The molecule has 184 valence electrons. The number of nitrogens with zero attached hydrogens (tertiary/aromatic N) is 3. The van der Waals surface area contributed by atoms with Gasteiger partial charge in [0, 0.05) is 23.4 Å². The van der Waals surface area contributed by atoms with Gasteiger partial charge in [-0.15, -0.1) is 0 Å². The van der Waals surface area contributed by atoms with Crippen LogP contribution in [0, 0.1) is 0 Å². The largest absolute Gasteiger partial charge is 0.488 e. The van der Waals surface area contributed by atoms with Crippen LogP contribution in [0.25, 0.3) is 21.9 Å². The predicted molar refractivity (Wildman–Crippen MR) is 144 cm³/mol. The average Bonchev–Trinajstić information content (AvgIpc) is 3.28. The molecule has 0 bridgehead atoms. The van der Waals surface area contributed by atoms with E-state index in [1.165, 1.54) is 0 Å². The van der Waals surface area contributed by atoms with Gasteiger partial charge in [0.15, 0.2) is 8.32 Å². The summed E-state index contributed by atoms with van der Waals surface area (Å²) in [5.74, 6) is 1.35. The molecule has 1 aliphatic carbocycles. The van der Waals surface area contributed by atoms with Crippen LogP contribution in [0.1, 0.15) is 46.5 Å². The quantitative estimate of drug-likeness (QED) is 0.285. The van der Waals surface area contributed by atoms with Gasteiger partial charge in [-0.25, -0.2) is 15.0 Å². The fourth-order valence-electron chi connectivity index (χ4n) is 4.37. The first-order valence-corrected chi connectivity index (χ1v) is 15.4. The number of fused-ring (bicyclic) bond motifs is 2. The first kappa shape index (κ1) is 23.8. The average molecular weight is 490 g/mol. The minimum Gasteiger partial charge on any atom is -0.488 e. The van der Waals surface area contributed by atoms with Crippen LogP contribution in [0.5, 0.6) is 5.75 Å². The Morgan fingerprint density at radius 1 is 1.00 bits per heavy atom. The number of nitrogens with one attached hydrogen (secondary N) is 2. The molecular formula is C27H35N5O2Si. The van der Waals surface area contributed by atoms with E-state index >= 15 is 0 Å². The highest BCUT2D eigenvalue weighted by Crippen LogP contribution is 2.39. The van der Waals surface area contributed by atoms with Gasteiger partial charge in [-0.2, -0.15) is 0 Å². The summed E-state index contributed by atoms with van der Waals surface area (Å²) in [5.41, 5.74) is 3.62. The van der Waals surface area contributed by atoms with Gasteiger partial charge in [-0.05, 0) is 68.1 Å². The van der Waals surface area contributed by atoms with E-state index in [1.807, 2.05) is 42.6 Å². The van der Waals surface area contributed by atoms with Gasteiger partial charge >= 0.3 is 0 Å². The molecule has 0 spiro atoms. The van der Waals surface area contributed by atoms with E-state index < -0.39 is 8.32 Å². The number of rotatable bonds is 6.